The van der Waals surface area contributed by atoms with Crippen molar-refractivity contribution in [2.24, 2.45) is 4.99 Å². The van der Waals surface area contributed by atoms with E-state index in [1.54, 1.807) is 14.2 Å². The Balaban J connectivity index is 0.00000320. The van der Waals surface area contributed by atoms with E-state index in [1.165, 1.54) is 0 Å². The van der Waals surface area contributed by atoms with Crippen molar-refractivity contribution in [2.45, 2.75) is 25.9 Å². The molecule has 30 heavy (non-hydrogen) atoms. The molecule has 166 valence electrons. The average molecular weight is 529 g/mol. The fraction of sp³-hybridized carbons (Fsp3) is 0.550. The van der Waals surface area contributed by atoms with E-state index in [1.807, 2.05) is 24.3 Å². The van der Waals surface area contributed by atoms with Crippen molar-refractivity contribution in [1.29, 1.82) is 0 Å². The fourth-order valence-corrected chi connectivity index (χ4v) is 3.21. The molecule has 0 bridgehead atoms. The molecule has 2 aromatic rings. The minimum Gasteiger partial charge on any atom is -0.497 e. The molecule has 3 rings (SSSR count). The van der Waals surface area contributed by atoms with Crippen molar-refractivity contribution in [2.75, 3.05) is 47.0 Å². The molecular weight excluding hydrogens is 497 g/mol. The zero-order valence-electron chi connectivity index (χ0n) is 18.1. The highest BCUT2D eigenvalue weighted by molar-refractivity contribution is 14.0. The quantitative estimate of drug-likeness (QED) is 0.286. The summed E-state index contributed by atoms with van der Waals surface area (Å²) in [5.41, 5.74) is 0.942. The number of hydrogen-bond acceptors (Lipinski definition) is 6. The van der Waals surface area contributed by atoms with Gasteiger partial charge in [-0.05, 0) is 38.1 Å². The molecule has 0 saturated carbocycles. The summed E-state index contributed by atoms with van der Waals surface area (Å²) in [6, 6.07) is 7.66. The molecular formula is C20H32IN7O2. The maximum absolute atomic E-state index is 5.45. The first-order valence-corrected chi connectivity index (χ1v) is 9.85. The Hall–Kier alpha value is -1.92. The van der Waals surface area contributed by atoms with Gasteiger partial charge in [0.15, 0.2) is 11.8 Å². The number of methoxy groups -OCH3 is 1. The Morgan fingerprint density at radius 2 is 1.93 bits per heavy atom. The maximum Gasteiger partial charge on any atom is 0.191 e. The van der Waals surface area contributed by atoms with Crippen LogP contribution in [0.25, 0.3) is 11.4 Å². The summed E-state index contributed by atoms with van der Waals surface area (Å²) in [6.45, 7) is 9.23. The van der Waals surface area contributed by atoms with Gasteiger partial charge in [0.25, 0.3) is 0 Å². The Bertz CT molecular complexity index is 802. The van der Waals surface area contributed by atoms with Crippen LogP contribution in [-0.2, 0) is 11.3 Å². The van der Waals surface area contributed by atoms with Crippen molar-refractivity contribution >= 4 is 29.9 Å². The van der Waals surface area contributed by atoms with Crippen LogP contribution in [0.3, 0.4) is 0 Å². The Labute approximate surface area is 195 Å². The number of H-pyrrole nitrogens is 1. The van der Waals surface area contributed by atoms with E-state index in [0.29, 0.717) is 12.4 Å². The predicted molar refractivity (Wildman–Crippen MR) is 128 cm³/mol. The second-order valence-corrected chi connectivity index (χ2v) is 7.53. The summed E-state index contributed by atoms with van der Waals surface area (Å²) in [7, 11) is 3.41. The van der Waals surface area contributed by atoms with Crippen LogP contribution in [0.5, 0.6) is 5.75 Å². The van der Waals surface area contributed by atoms with E-state index in [0.717, 1.165) is 55.9 Å². The van der Waals surface area contributed by atoms with Gasteiger partial charge in [-0.1, -0.05) is 0 Å². The molecule has 1 fully saturated rings. The number of hydrogen-bond donors (Lipinski definition) is 3. The summed E-state index contributed by atoms with van der Waals surface area (Å²) >= 11 is 0. The van der Waals surface area contributed by atoms with Crippen molar-refractivity contribution in [1.82, 2.24) is 30.7 Å². The molecule has 1 saturated heterocycles. The molecule has 0 spiro atoms. The molecule has 0 radical (unpaired) electrons. The first-order chi connectivity index (χ1) is 14.0. The molecule has 1 aliphatic rings. The standard InChI is InChI=1S/C20H31N7O2.HI/c1-20(2,27-9-11-29-12-10-27)14-23-19(21-3)22-13-17-24-18(26-25-17)15-5-7-16(28-4)8-6-15;/h5-8H,9-14H2,1-4H3,(H2,21,22,23)(H,24,25,26);1H. The van der Waals surface area contributed by atoms with Gasteiger partial charge in [-0.25, -0.2) is 4.98 Å². The number of aliphatic imine (C=N–C) groups is 1. The van der Waals surface area contributed by atoms with Crippen LogP contribution in [0.4, 0.5) is 0 Å². The predicted octanol–water partition coefficient (Wildman–Crippen LogP) is 1.87. The van der Waals surface area contributed by atoms with E-state index in [4.69, 9.17) is 9.47 Å². The topological polar surface area (TPSA) is 99.7 Å². The SMILES string of the molecule is CN=C(NCc1nc(-c2ccc(OC)cc2)n[nH]1)NCC(C)(C)N1CCOCC1.I. The molecule has 0 atom stereocenters. The van der Waals surface area contributed by atoms with Crippen molar-refractivity contribution < 1.29 is 9.47 Å². The lowest BCUT2D eigenvalue weighted by Crippen LogP contribution is -2.56. The third-order valence-corrected chi connectivity index (χ3v) is 5.08. The summed E-state index contributed by atoms with van der Waals surface area (Å²) in [4.78, 5) is 11.3. The Kier molecular flexibility index (Phi) is 9.31. The highest BCUT2D eigenvalue weighted by atomic mass is 127. The van der Waals surface area contributed by atoms with Crippen LogP contribution in [0.1, 0.15) is 19.7 Å². The average Bonchev–Trinajstić information content (AvgIpc) is 3.23. The van der Waals surface area contributed by atoms with Gasteiger partial charge < -0.3 is 20.1 Å². The van der Waals surface area contributed by atoms with E-state index in [9.17, 15) is 0 Å². The third kappa shape index (κ3) is 6.54. The largest absolute Gasteiger partial charge is 0.497 e. The van der Waals surface area contributed by atoms with Gasteiger partial charge in [0.05, 0.1) is 26.9 Å². The number of benzene rings is 1. The fourth-order valence-electron chi connectivity index (χ4n) is 3.21. The van der Waals surface area contributed by atoms with Crippen molar-refractivity contribution in [3.63, 3.8) is 0 Å². The van der Waals surface area contributed by atoms with Crippen LogP contribution in [0.15, 0.2) is 29.3 Å². The number of ether oxygens (including phenoxy) is 2. The van der Waals surface area contributed by atoms with Gasteiger partial charge in [0.1, 0.15) is 11.6 Å². The number of guanidine groups is 1. The molecule has 0 amide bonds. The number of morpholine rings is 1. The van der Waals surface area contributed by atoms with Crippen molar-refractivity contribution in [3.8, 4) is 17.1 Å². The number of nitrogens with one attached hydrogen (secondary N) is 3. The highest BCUT2D eigenvalue weighted by Gasteiger charge is 2.28. The molecule has 0 unspecified atom stereocenters. The van der Waals surface area contributed by atoms with E-state index in [-0.39, 0.29) is 29.5 Å². The first kappa shape index (κ1) is 24.4. The number of halogens is 1. The van der Waals surface area contributed by atoms with Gasteiger partial charge in [-0.3, -0.25) is 15.0 Å². The van der Waals surface area contributed by atoms with Crippen LogP contribution in [-0.4, -0.2) is 78.6 Å². The second-order valence-electron chi connectivity index (χ2n) is 7.53. The molecule has 9 nitrogen and oxygen atoms in total. The molecule has 1 aromatic carbocycles. The summed E-state index contributed by atoms with van der Waals surface area (Å²) < 4.78 is 10.6. The summed E-state index contributed by atoms with van der Waals surface area (Å²) in [6.07, 6.45) is 0. The monoisotopic (exact) mass is 529 g/mol. The smallest absolute Gasteiger partial charge is 0.191 e. The van der Waals surface area contributed by atoms with Gasteiger partial charge in [0, 0.05) is 37.8 Å². The number of rotatable bonds is 7. The molecule has 1 aromatic heterocycles. The Morgan fingerprint density at radius 3 is 2.57 bits per heavy atom. The minimum absolute atomic E-state index is 0. The molecule has 0 aliphatic carbocycles. The van der Waals surface area contributed by atoms with Crippen molar-refractivity contribution in [3.05, 3.63) is 30.1 Å². The summed E-state index contributed by atoms with van der Waals surface area (Å²) in [5.74, 6) is 2.93. The zero-order chi connectivity index (χ0) is 20.7. The lowest BCUT2D eigenvalue weighted by Gasteiger charge is -2.41. The Morgan fingerprint density at radius 1 is 1.23 bits per heavy atom. The maximum atomic E-state index is 5.45. The van der Waals surface area contributed by atoms with Crippen LogP contribution < -0.4 is 15.4 Å². The number of nitrogens with zero attached hydrogens (tertiary/aromatic N) is 4. The third-order valence-electron chi connectivity index (χ3n) is 5.08. The molecule has 2 heterocycles. The van der Waals surface area contributed by atoms with E-state index >= 15 is 0 Å². The number of aromatic nitrogens is 3. The van der Waals surface area contributed by atoms with Gasteiger partial charge in [0.2, 0.25) is 0 Å². The minimum atomic E-state index is 0. The molecule has 3 N–H and O–H groups in total. The van der Waals surface area contributed by atoms with Crippen LogP contribution >= 0.6 is 24.0 Å². The van der Waals surface area contributed by atoms with Gasteiger partial charge in [-0.2, -0.15) is 5.10 Å². The summed E-state index contributed by atoms with van der Waals surface area (Å²) in [5, 5.41) is 14.0. The van der Waals surface area contributed by atoms with Crippen LogP contribution in [0.2, 0.25) is 0 Å². The van der Waals surface area contributed by atoms with Crippen LogP contribution in [0, 0.1) is 0 Å². The van der Waals surface area contributed by atoms with E-state index in [2.05, 4.69) is 49.6 Å². The van der Waals surface area contributed by atoms with Gasteiger partial charge >= 0.3 is 0 Å². The number of aromatic amines is 1. The zero-order valence-corrected chi connectivity index (χ0v) is 20.4. The lowest BCUT2D eigenvalue weighted by atomic mass is 10.0. The highest BCUT2D eigenvalue weighted by Crippen LogP contribution is 2.19. The lowest BCUT2D eigenvalue weighted by molar-refractivity contribution is -0.00834. The normalized spacial score (nSPS) is 15.4. The molecule has 10 heteroatoms. The first-order valence-electron chi connectivity index (χ1n) is 9.85. The van der Waals surface area contributed by atoms with E-state index < -0.39 is 0 Å². The second kappa shape index (κ2) is 11.5. The molecule has 1 aliphatic heterocycles. The van der Waals surface area contributed by atoms with Gasteiger partial charge in [-0.15, -0.1) is 24.0 Å².